The first kappa shape index (κ1) is 13.9. The van der Waals surface area contributed by atoms with E-state index in [4.69, 9.17) is 0 Å². The Labute approximate surface area is 132 Å². The fourth-order valence-electron chi connectivity index (χ4n) is 3.52. The molecule has 0 unspecified atom stereocenters. The number of carbonyl (C=O) groups excluding carboxylic acids is 3. The second kappa shape index (κ2) is 4.38. The summed E-state index contributed by atoms with van der Waals surface area (Å²) in [5.41, 5.74) is 2.38. The Morgan fingerprint density at radius 3 is 2.52 bits per heavy atom. The summed E-state index contributed by atoms with van der Waals surface area (Å²) in [6, 6.07) is 7.15. The molecule has 2 aromatic rings. The third-order valence-electron chi connectivity index (χ3n) is 4.93. The Hall–Kier alpha value is -2.76. The Morgan fingerprint density at radius 2 is 1.91 bits per heavy atom. The maximum Gasteiger partial charge on any atom is 0.324 e. The van der Waals surface area contributed by atoms with Gasteiger partial charge in [0.25, 0.3) is 5.91 Å². The van der Waals surface area contributed by atoms with Crippen LogP contribution in [0.1, 0.15) is 28.5 Å². The molecule has 1 aliphatic carbocycles. The van der Waals surface area contributed by atoms with Crippen LogP contribution >= 0.6 is 0 Å². The number of likely N-dealkylation sites (N-methyl/N-ethyl adjacent to an activating group) is 1. The summed E-state index contributed by atoms with van der Waals surface area (Å²) in [6.07, 6.45) is 0.971. The number of fused-ring (bicyclic) bond motifs is 2. The van der Waals surface area contributed by atoms with Gasteiger partial charge in [-0.3, -0.25) is 14.9 Å². The number of nitrogens with one attached hydrogen (secondary N) is 1. The molecular formula is C17H15N3O3. The monoisotopic (exact) mass is 309 g/mol. The predicted molar refractivity (Wildman–Crippen MR) is 83.2 cm³/mol. The van der Waals surface area contributed by atoms with Gasteiger partial charge in [0, 0.05) is 32.2 Å². The highest BCUT2D eigenvalue weighted by Crippen LogP contribution is 2.38. The number of urea groups is 1. The van der Waals surface area contributed by atoms with E-state index in [0.29, 0.717) is 18.5 Å². The number of imide groups is 1. The number of hydrogen-bond donors (Lipinski definition) is 1. The molecule has 1 spiro atoms. The number of amides is 3. The van der Waals surface area contributed by atoms with Crippen molar-refractivity contribution in [1.29, 1.82) is 0 Å². The first-order chi connectivity index (χ1) is 10.9. The molecule has 2 heterocycles. The van der Waals surface area contributed by atoms with Crippen LogP contribution in [0.3, 0.4) is 0 Å². The zero-order valence-corrected chi connectivity index (χ0v) is 12.8. The molecule has 1 N–H and O–H groups in total. The molecule has 1 aliphatic heterocycles. The summed E-state index contributed by atoms with van der Waals surface area (Å²) in [5, 5.41) is 3.32. The minimum absolute atomic E-state index is 0.0793. The van der Waals surface area contributed by atoms with E-state index in [-0.39, 0.29) is 17.7 Å². The zero-order valence-electron chi connectivity index (χ0n) is 12.8. The molecule has 2 aliphatic rings. The van der Waals surface area contributed by atoms with Crippen molar-refractivity contribution in [3.05, 3.63) is 41.1 Å². The lowest BCUT2D eigenvalue weighted by Crippen LogP contribution is -2.48. The first-order valence-corrected chi connectivity index (χ1v) is 7.43. The molecule has 1 aromatic heterocycles. The Balaban J connectivity index is 1.82. The van der Waals surface area contributed by atoms with E-state index in [2.05, 4.69) is 10.3 Å². The highest BCUT2D eigenvalue weighted by molar-refractivity contribution is 6.08. The van der Waals surface area contributed by atoms with Crippen molar-refractivity contribution in [3.63, 3.8) is 0 Å². The number of nitrogens with zero attached hydrogens (tertiary/aromatic N) is 2. The maximum atomic E-state index is 12.3. The average molecular weight is 309 g/mol. The quantitative estimate of drug-likeness (QED) is 0.639. The molecule has 1 fully saturated rings. The van der Waals surface area contributed by atoms with Crippen molar-refractivity contribution < 1.29 is 14.4 Å². The van der Waals surface area contributed by atoms with Crippen LogP contribution < -0.4 is 5.32 Å². The van der Waals surface area contributed by atoms with E-state index in [9.17, 15) is 14.4 Å². The average Bonchev–Trinajstić information content (AvgIpc) is 2.98. The molecule has 6 heteroatoms. The highest BCUT2D eigenvalue weighted by Gasteiger charge is 2.54. The van der Waals surface area contributed by atoms with E-state index in [1.165, 1.54) is 11.8 Å². The maximum absolute atomic E-state index is 12.3. The number of rotatable bonds is 1. The van der Waals surface area contributed by atoms with Gasteiger partial charge in [0.1, 0.15) is 11.2 Å². The van der Waals surface area contributed by atoms with Crippen LogP contribution in [0.15, 0.2) is 24.3 Å². The van der Waals surface area contributed by atoms with E-state index in [1.54, 1.807) is 13.1 Å². The van der Waals surface area contributed by atoms with Gasteiger partial charge in [-0.05, 0) is 29.3 Å². The highest BCUT2D eigenvalue weighted by atomic mass is 16.2. The Kier molecular flexibility index (Phi) is 2.64. The normalized spacial score (nSPS) is 22.8. The Bertz CT molecular complexity index is 905. The number of benzene rings is 1. The van der Waals surface area contributed by atoms with Crippen molar-refractivity contribution in [1.82, 2.24) is 15.2 Å². The van der Waals surface area contributed by atoms with Crippen LogP contribution in [-0.4, -0.2) is 40.2 Å². The second-order valence-corrected chi connectivity index (χ2v) is 6.27. The molecule has 1 aromatic carbocycles. The van der Waals surface area contributed by atoms with E-state index < -0.39 is 5.54 Å². The molecule has 3 amide bonds. The van der Waals surface area contributed by atoms with Crippen molar-refractivity contribution in [2.24, 2.45) is 0 Å². The van der Waals surface area contributed by atoms with Gasteiger partial charge in [-0.25, -0.2) is 9.78 Å². The Morgan fingerprint density at radius 1 is 1.22 bits per heavy atom. The van der Waals surface area contributed by atoms with E-state index >= 15 is 0 Å². The van der Waals surface area contributed by atoms with Crippen molar-refractivity contribution in [2.45, 2.75) is 25.3 Å². The minimum Gasteiger partial charge on any atom is -0.312 e. The summed E-state index contributed by atoms with van der Waals surface area (Å²) < 4.78 is 0. The fourth-order valence-corrected chi connectivity index (χ4v) is 3.52. The van der Waals surface area contributed by atoms with Crippen LogP contribution in [-0.2, 0) is 17.6 Å². The smallest absolute Gasteiger partial charge is 0.312 e. The van der Waals surface area contributed by atoms with Gasteiger partial charge in [0.2, 0.25) is 0 Å². The van der Waals surface area contributed by atoms with Crippen LogP contribution in [0.25, 0.3) is 10.9 Å². The molecule has 116 valence electrons. The number of hydrogen-bond acceptors (Lipinski definition) is 4. The van der Waals surface area contributed by atoms with Gasteiger partial charge in [0.15, 0.2) is 5.78 Å². The first-order valence-electron chi connectivity index (χ1n) is 7.43. The fraction of sp³-hybridized carbons (Fsp3) is 0.294. The lowest BCUT2D eigenvalue weighted by molar-refractivity contribution is -0.125. The predicted octanol–water partition coefficient (Wildman–Crippen LogP) is 1.46. The van der Waals surface area contributed by atoms with Crippen LogP contribution in [0.4, 0.5) is 4.79 Å². The van der Waals surface area contributed by atoms with Crippen molar-refractivity contribution in [3.8, 4) is 0 Å². The van der Waals surface area contributed by atoms with Gasteiger partial charge in [-0.15, -0.1) is 0 Å². The third kappa shape index (κ3) is 1.81. The molecule has 1 saturated heterocycles. The lowest BCUT2D eigenvalue weighted by atomic mass is 9.95. The lowest BCUT2D eigenvalue weighted by Gasteiger charge is -2.27. The SMILES string of the molecule is CC(=O)c1ccc2cc3c(cc2n1)C[C@]1(C3)C(=O)NC(=O)N1C. The van der Waals surface area contributed by atoms with Gasteiger partial charge >= 0.3 is 6.03 Å². The molecule has 0 saturated carbocycles. The molecule has 23 heavy (non-hydrogen) atoms. The molecule has 6 nitrogen and oxygen atoms in total. The zero-order chi connectivity index (χ0) is 16.4. The topological polar surface area (TPSA) is 79.4 Å². The molecule has 0 radical (unpaired) electrons. The van der Waals surface area contributed by atoms with Crippen LogP contribution in [0.5, 0.6) is 0 Å². The molecular weight excluding hydrogens is 294 g/mol. The number of carbonyl (C=O) groups is 3. The summed E-state index contributed by atoms with van der Waals surface area (Å²) >= 11 is 0. The summed E-state index contributed by atoms with van der Waals surface area (Å²) in [7, 11) is 1.65. The molecule has 4 rings (SSSR count). The van der Waals surface area contributed by atoms with Crippen LogP contribution in [0, 0.1) is 0 Å². The van der Waals surface area contributed by atoms with E-state index in [1.807, 2.05) is 18.2 Å². The summed E-state index contributed by atoms with van der Waals surface area (Å²) in [6.45, 7) is 1.49. The summed E-state index contributed by atoms with van der Waals surface area (Å²) in [4.78, 5) is 41.5. The standard InChI is InChI=1S/C17H15N3O3/c1-9(21)13-4-3-10-5-11-7-17(8-12(11)6-14(10)18-13)15(22)19-16(23)20(17)2/h3-6H,7-8H2,1-2H3,(H,19,22,23)/t17-/m1/s1. The molecule has 1 atom stereocenters. The third-order valence-corrected chi connectivity index (χ3v) is 4.93. The van der Waals surface area contributed by atoms with Crippen LogP contribution in [0.2, 0.25) is 0 Å². The van der Waals surface area contributed by atoms with Gasteiger partial charge in [-0.1, -0.05) is 6.07 Å². The number of aromatic nitrogens is 1. The largest absolute Gasteiger partial charge is 0.324 e. The van der Waals surface area contributed by atoms with Gasteiger partial charge in [-0.2, -0.15) is 0 Å². The summed E-state index contributed by atoms with van der Waals surface area (Å²) in [5.74, 6) is -0.327. The van der Waals surface area contributed by atoms with E-state index in [0.717, 1.165) is 22.0 Å². The number of pyridine rings is 1. The second-order valence-electron chi connectivity index (χ2n) is 6.27. The number of ketones is 1. The molecule has 0 bridgehead atoms. The van der Waals surface area contributed by atoms with Gasteiger partial charge in [0.05, 0.1) is 5.52 Å². The minimum atomic E-state index is -0.833. The van der Waals surface area contributed by atoms with Crippen molar-refractivity contribution >= 4 is 28.6 Å². The number of Topliss-reactive ketones (excluding diaryl/α,β-unsaturated/α-hetero) is 1. The van der Waals surface area contributed by atoms with Gasteiger partial charge < -0.3 is 4.90 Å². The van der Waals surface area contributed by atoms with Crippen molar-refractivity contribution in [2.75, 3.05) is 7.05 Å².